The number of aryl methyl sites for hydroxylation is 1. The third-order valence-corrected chi connectivity index (χ3v) is 7.61. The van der Waals surface area contributed by atoms with Crippen LogP contribution in [0.5, 0.6) is 5.75 Å². The predicted molar refractivity (Wildman–Crippen MR) is 155 cm³/mol. The van der Waals surface area contributed by atoms with Crippen molar-refractivity contribution < 1.29 is 30.4 Å². The van der Waals surface area contributed by atoms with E-state index in [9.17, 15) is 5.11 Å². The molecule has 0 unspecified atom stereocenters. The van der Waals surface area contributed by atoms with Crippen LogP contribution < -0.4 is 0 Å². The van der Waals surface area contributed by atoms with E-state index in [4.69, 9.17) is 6.80 Å². The van der Waals surface area contributed by atoms with Gasteiger partial charge in [0.15, 0.2) is 0 Å². The van der Waals surface area contributed by atoms with Crippen LogP contribution in [0.4, 0.5) is 0 Å². The first kappa shape index (κ1) is 36.3. The van der Waals surface area contributed by atoms with Crippen LogP contribution in [0, 0.1) is 0 Å². The Kier molecular flexibility index (Phi) is 27.8. The Balaban J connectivity index is 0.00000410. The first-order chi connectivity index (χ1) is 18.2. The molecule has 0 aliphatic carbocycles. The fourth-order valence-corrected chi connectivity index (χ4v) is 5.34. The minimum atomic E-state index is -2.03. The molecule has 0 radical (unpaired) electrons. The van der Waals surface area contributed by atoms with Crippen LogP contribution in [-0.4, -0.2) is 5.11 Å². The van der Waals surface area contributed by atoms with Crippen LogP contribution in [0.15, 0.2) is 12.1 Å². The van der Waals surface area contributed by atoms with Gasteiger partial charge in [-0.05, 0) is 61.3 Å². The van der Waals surface area contributed by atoms with Gasteiger partial charge in [0.25, 0.3) is 0 Å². The molecule has 0 atom stereocenters. The predicted octanol–water partition coefficient (Wildman–Crippen LogP) is 11.0. The van der Waals surface area contributed by atoms with Crippen molar-refractivity contribution in [2.75, 3.05) is 0 Å². The van der Waals surface area contributed by atoms with E-state index >= 15 is 0 Å². The summed E-state index contributed by atoms with van der Waals surface area (Å²) in [5.74, 6) is 0.562. The standard InChI is InChI=1S/C33H60O.Mo.2O/c1-4-7-10-13-16-19-22-25-30-28-29-33(34)32(27-24-21-18-15-12-9-6-3)31(30)26-23-20-17-14-11-8-5-2;;;/h28-29,34H,4-27H2,1-3H3;;;. The van der Waals surface area contributed by atoms with E-state index in [0.29, 0.717) is 5.75 Å². The van der Waals surface area contributed by atoms with Crippen LogP contribution in [-0.2, 0) is 44.5 Å². The molecule has 0 spiro atoms. The summed E-state index contributed by atoms with van der Waals surface area (Å²) in [4.78, 5) is 0. The van der Waals surface area contributed by atoms with Crippen molar-refractivity contribution in [1.29, 1.82) is 0 Å². The van der Waals surface area contributed by atoms with Crippen LogP contribution in [0.2, 0.25) is 0 Å². The number of benzene rings is 1. The molecule has 0 heterocycles. The van der Waals surface area contributed by atoms with Gasteiger partial charge in [-0.2, -0.15) is 0 Å². The zero-order valence-corrected chi connectivity index (χ0v) is 26.8. The molecule has 0 saturated carbocycles. The van der Waals surface area contributed by atoms with Gasteiger partial charge in [-0.15, -0.1) is 0 Å². The molecule has 3 nitrogen and oxygen atoms in total. The average Bonchev–Trinajstić information content (AvgIpc) is 2.89. The molecule has 4 heteroatoms. The Morgan fingerprint density at radius 2 is 0.811 bits per heavy atom. The molecule has 1 aromatic rings. The van der Waals surface area contributed by atoms with E-state index < -0.39 is 18.5 Å². The summed E-state index contributed by atoms with van der Waals surface area (Å²) in [7, 11) is 0. The number of aromatic hydroxyl groups is 1. The van der Waals surface area contributed by atoms with Gasteiger partial charge in [-0.3, -0.25) is 0 Å². The second-order valence-electron chi connectivity index (χ2n) is 10.9. The average molecular weight is 601 g/mol. The van der Waals surface area contributed by atoms with Gasteiger partial charge in [0.05, 0.1) is 0 Å². The molecule has 1 rings (SSSR count). The molecular formula is C33H60MoO3. The summed E-state index contributed by atoms with van der Waals surface area (Å²) in [6, 6.07) is 4.25. The fraction of sp³-hybridized carbons (Fsp3) is 0.818. The number of hydrogen-bond acceptors (Lipinski definition) is 3. The number of hydrogen-bond donors (Lipinski definition) is 1. The van der Waals surface area contributed by atoms with Crippen LogP contribution in [0.25, 0.3) is 0 Å². The zero-order chi connectivity index (χ0) is 27.4. The SMILES string of the molecule is CCCCCCCCCc1ccc(O)c(CCCCCCCCC)c1CCCCCCCCC.[O]=[Mo]=[O]. The Labute approximate surface area is 239 Å². The van der Waals surface area contributed by atoms with E-state index in [0.717, 1.165) is 6.42 Å². The van der Waals surface area contributed by atoms with Crippen molar-refractivity contribution in [3.63, 3.8) is 0 Å². The number of phenolic OH excluding ortho intramolecular Hbond substituents is 1. The van der Waals surface area contributed by atoms with Crippen molar-refractivity contribution in [3.8, 4) is 5.75 Å². The van der Waals surface area contributed by atoms with Gasteiger partial charge in [0.1, 0.15) is 5.75 Å². The Morgan fingerprint density at radius 1 is 0.486 bits per heavy atom. The summed E-state index contributed by atoms with van der Waals surface area (Å²) in [6.45, 7) is 6.87. The Hall–Kier alpha value is -0.692. The molecule has 0 aromatic heterocycles. The quantitative estimate of drug-likeness (QED) is 0.0948. The van der Waals surface area contributed by atoms with E-state index in [1.54, 1.807) is 0 Å². The topological polar surface area (TPSA) is 54.4 Å². The molecule has 1 N–H and O–H groups in total. The van der Waals surface area contributed by atoms with Gasteiger partial charge in [0, 0.05) is 0 Å². The third-order valence-electron chi connectivity index (χ3n) is 7.61. The normalized spacial score (nSPS) is 10.8. The second-order valence-corrected chi connectivity index (χ2v) is 11.2. The zero-order valence-electron chi connectivity index (χ0n) is 24.8. The number of unbranched alkanes of at least 4 members (excludes halogenated alkanes) is 18. The minimum absolute atomic E-state index is 0.562. The first-order valence-electron chi connectivity index (χ1n) is 15.9. The molecular weight excluding hydrogens is 540 g/mol. The monoisotopic (exact) mass is 602 g/mol. The van der Waals surface area contributed by atoms with Crippen molar-refractivity contribution >= 4 is 0 Å². The summed E-state index contributed by atoms with van der Waals surface area (Å²) in [5, 5.41) is 10.8. The van der Waals surface area contributed by atoms with Crippen LogP contribution in [0.3, 0.4) is 0 Å². The van der Waals surface area contributed by atoms with Gasteiger partial charge in [0.2, 0.25) is 0 Å². The van der Waals surface area contributed by atoms with Crippen LogP contribution in [0.1, 0.15) is 172 Å². The first-order valence-corrected chi connectivity index (χ1v) is 17.5. The van der Waals surface area contributed by atoms with Gasteiger partial charge >= 0.3 is 25.3 Å². The summed E-state index contributed by atoms with van der Waals surface area (Å²) < 4.78 is 17.0. The van der Waals surface area contributed by atoms with Gasteiger partial charge in [-0.25, -0.2) is 0 Å². The summed E-state index contributed by atoms with van der Waals surface area (Å²) >= 11 is -2.03. The molecule has 0 amide bonds. The van der Waals surface area contributed by atoms with Crippen molar-refractivity contribution in [2.24, 2.45) is 0 Å². The Bertz CT molecular complexity index is 668. The molecule has 1 aromatic carbocycles. The van der Waals surface area contributed by atoms with Gasteiger partial charge < -0.3 is 5.11 Å². The molecule has 216 valence electrons. The van der Waals surface area contributed by atoms with Gasteiger partial charge in [-0.1, -0.05) is 142 Å². The molecule has 0 bridgehead atoms. The number of phenols is 1. The molecule has 37 heavy (non-hydrogen) atoms. The summed E-state index contributed by atoms with van der Waals surface area (Å²) in [5.41, 5.74) is 4.35. The van der Waals surface area contributed by atoms with E-state index in [-0.39, 0.29) is 0 Å². The fourth-order valence-electron chi connectivity index (χ4n) is 5.34. The van der Waals surface area contributed by atoms with Crippen LogP contribution >= 0.6 is 0 Å². The maximum atomic E-state index is 10.8. The molecule has 0 aliphatic heterocycles. The molecule has 0 fully saturated rings. The maximum absolute atomic E-state index is 10.8. The summed E-state index contributed by atoms with van der Waals surface area (Å²) in [6.07, 6.45) is 31.9. The molecule has 0 saturated heterocycles. The molecule has 0 aliphatic rings. The van der Waals surface area contributed by atoms with Crippen molar-refractivity contribution in [3.05, 3.63) is 28.8 Å². The second kappa shape index (κ2) is 28.3. The van der Waals surface area contributed by atoms with E-state index in [2.05, 4.69) is 26.8 Å². The van der Waals surface area contributed by atoms with E-state index in [1.807, 2.05) is 6.07 Å². The Morgan fingerprint density at radius 3 is 1.22 bits per heavy atom. The van der Waals surface area contributed by atoms with Crippen molar-refractivity contribution in [2.45, 2.75) is 175 Å². The van der Waals surface area contributed by atoms with E-state index in [1.165, 1.54) is 164 Å². The number of rotatable bonds is 24. The van der Waals surface area contributed by atoms with Crippen molar-refractivity contribution in [1.82, 2.24) is 0 Å². The third kappa shape index (κ3) is 20.9.